The van der Waals surface area contributed by atoms with Gasteiger partial charge in [-0.1, -0.05) is 12.1 Å². The van der Waals surface area contributed by atoms with E-state index in [1.807, 2.05) is 31.1 Å². The molecule has 1 rings (SSSR count). The molecule has 0 fully saturated rings. The maximum Gasteiger partial charge on any atom is 0.0478 e. The summed E-state index contributed by atoms with van der Waals surface area (Å²) in [6.45, 7) is 2.54. The minimum atomic E-state index is 0.480. The van der Waals surface area contributed by atoms with Crippen LogP contribution in [0.15, 0.2) is 18.2 Å². The van der Waals surface area contributed by atoms with Crippen molar-refractivity contribution in [3.05, 3.63) is 29.3 Å². The van der Waals surface area contributed by atoms with Crippen molar-refractivity contribution >= 4 is 5.69 Å². The van der Waals surface area contributed by atoms with E-state index in [1.54, 1.807) is 0 Å². The molecule has 3 heteroatoms. The van der Waals surface area contributed by atoms with Crippen LogP contribution >= 0.6 is 0 Å². The lowest BCUT2D eigenvalue weighted by molar-refractivity contribution is 0.161. The first-order valence-electron chi connectivity index (χ1n) is 4.29. The van der Waals surface area contributed by atoms with Crippen LogP contribution in [0.2, 0.25) is 0 Å². The van der Waals surface area contributed by atoms with Crippen molar-refractivity contribution < 1.29 is 5.21 Å². The number of rotatable bonds is 3. The van der Waals surface area contributed by atoms with Crippen LogP contribution in [0.3, 0.4) is 0 Å². The molecular formula is C10H16N2O. The fourth-order valence-electron chi connectivity index (χ4n) is 1.32. The molecule has 1 aromatic rings. The van der Waals surface area contributed by atoms with Crippen molar-refractivity contribution in [1.29, 1.82) is 0 Å². The summed E-state index contributed by atoms with van der Waals surface area (Å²) in [5.74, 6) is 0. The van der Waals surface area contributed by atoms with Crippen molar-refractivity contribution in [3.63, 3.8) is 0 Å². The Morgan fingerprint density at radius 2 is 2.08 bits per heavy atom. The van der Waals surface area contributed by atoms with Crippen LogP contribution in [0, 0.1) is 6.92 Å². The number of aryl methyl sites for hydroxylation is 1. The summed E-state index contributed by atoms with van der Waals surface area (Å²) in [7, 11) is 3.99. The summed E-state index contributed by atoms with van der Waals surface area (Å²) in [4.78, 5) is 2.04. The van der Waals surface area contributed by atoms with Crippen LogP contribution in [0.25, 0.3) is 0 Å². The molecule has 0 unspecified atom stereocenters. The molecule has 2 N–H and O–H groups in total. The van der Waals surface area contributed by atoms with E-state index in [1.165, 1.54) is 5.56 Å². The third kappa shape index (κ3) is 2.44. The van der Waals surface area contributed by atoms with Gasteiger partial charge in [0.2, 0.25) is 0 Å². The molecule has 72 valence electrons. The zero-order valence-electron chi connectivity index (χ0n) is 8.33. The number of anilines is 1. The molecule has 3 nitrogen and oxygen atoms in total. The van der Waals surface area contributed by atoms with Crippen molar-refractivity contribution in [2.45, 2.75) is 13.5 Å². The van der Waals surface area contributed by atoms with Gasteiger partial charge in [0.1, 0.15) is 0 Å². The molecule has 0 radical (unpaired) electrons. The standard InChI is InChI=1S/C10H16N2O/c1-8-4-5-9(7-11-13)10(6-8)12(2)3/h4-6,11,13H,7H2,1-3H3. The molecule has 1 aromatic carbocycles. The predicted octanol–water partition coefficient (Wildman–Crippen LogP) is 1.54. The van der Waals surface area contributed by atoms with Crippen molar-refractivity contribution in [1.82, 2.24) is 5.48 Å². The Labute approximate surface area is 78.9 Å². The summed E-state index contributed by atoms with van der Waals surface area (Å²) in [5, 5.41) is 8.63. The molecule has 0 saturated carbocycles. The zero-order valence-corrected chi connectivity index (χ0v) is 8.33. The average molecular weight is 180 g/mol. The zero-order chi connectivity index (χ0) is 9.84. The van der Waals surface area contributed by atoms with Crippen molar-refractivity contribution in [2.75, 3.05) is 19.0 Å². The number of hydroxylamine groups is 1. The Bertz CT molecular complexity index is 284. The van der Waals surface area contributed by atoms with Crippen LogP contribution in [0.4, 0.5) is 5.69 Å². The third-order valence-electron chi connectivity index (χ3n) is 1.99. The summed E-state index contributed by atoms with van der Waals surface area (Å²) < 4.78 is 0. The van der Waals surface area contributed by atoms with E-state index in [0.717, 1.165) is 11.3 Å². The lowest BCUT2D eigenvalue weighted by Gasteiger charge is -2.17. The Morgan fingerprint density at radius 3 is 2.62 bits per heavy atom. The SMILES string of the molecule is Cc1ccc(CNO)c(N(C)C)c1. The van der Waals surface area contributed by atoms with Crippen LogP contribution in [-0.4, -0.2) is 19.3 Å². The van der Waals surface area contributed by atoms with Gasteiger partial charge in [0.15, 0.2) is 0 Å². The smallest absolute Gasteiger partial charge is 0.0478 e. The first-order valence-corrected chi connectivity index (χ1v) is 4.29. The Balaban J connectivity index is 3.03. The predicted molar refractivity (Wildman–Crippen MR) is 54.1 cm³/mol. The molecule has 13 heavy (non-hydrogen) atoms. The van der Waals surface area contributed by atoms with Gasteiger partial charge in [-0.05, 0) is 24.1 Å². The first-order chi connectivity index (χ1) is 6.15. The third-order valence-corrected chi connectivity index (χ3v) is 1.99. The maximum absolute atomic E-state index is 8.63. The van der Waals surface area contributed by atoms with Crippen LogP contribution in [0.1, 0.15) is 11.1 Å². The number of hydrogen-bond donors (Lipinski definition) is 2. The summed E-state index contributed by atoms with van der Waals surface area (Å²) >= 11 is 0. The second kappa shape index (κ2) is 4.25. The molecule has 0 aliphatic carbocycles. The van der Waals surface area contributed by atoms with Gasteiger partial charge in [0.05, 0.1) is 0 Å². The van der Waals surface area contributed by atoms with Gasteiger partial charge >= 0.3 is 0 Å². The van der Waals surface area contributed by atoms with Crippen LogP contribution < -0.4 is 10.4 Å². The topological polar surface area (TPSA) is 35.5 Å². The van der Waals surface area contributed by atoms with Gasteiger partial charge in [-0.3, -0.25) is 0 Å². The molecule has 0 amide bonds. The van der Waals surface area contributed by atoms with Gasteiger partial charge < -0.3 is 10.1 Å². The summed E-state index contributed by atoms with van der Waals surface area (Å²) in [6.07, 6.45) is 0. The highest BCUT2D eigenvalue weighted by Crippen LogP contribution is 2.19. The molecule has 0 aliphatic heterocycles. The lowest BCUT2D eigenvalue weighted by Crippen LogP contribution is -2.15. The molecule has 0 spiro atoms. The minimum absolute atomic E-state index is 0.480. The molecule has 0 aromatic heterocycles. The van der Waals surface area contributed by atoms with Crippen molar-refractivity contribution in [2.24, 2.45) is 0 Å². The highest BCUT2D eigenvalue weighted by Gasteiger charge is 2.03. The Morgan fingerprint density at radius 1 is 1.38 bits per heavy atom. The number of hydrogen-bond acceptors (Lipinski definition) is 3. The number of nitrogens with one attached hydrogen (secondary N) is 1. The summed E-state index contributed by atoms with van der Waals surface area (Å²) in [5.41, 5.74) is 5.64. The molecule has 0 atom stereocenters. The van der Waals surface area contributed by atoms with Gasteiger partial charge in [-0.25, -0.2) is 5.48 Å². The molecule has 0 saturated heterocycles. The molecular weight excluding hydrogens is 164 g/mol. The quantitative estimate of drug-likeness (QED) is 0.693. The van der Waals surface area contributed by atoms with E-state index in [4.69, 9.17) is 5.21 Å². The normalized spacial score (nSPS) is 10.2. The highest BCUT2D eigenvalue weighted by atomic mass is 16.5. The average Bonchev–Trinajstić information content (AvgIpc) is 2.08. The van der Waals surface area contributed by atoms with E-state index >= 15 is 0 Å². The monoisotopic (exact) mass is 180 g/mol. The van der Waals surface area contributed by atoms with E-state index in [2.05, 4.69) is 18.5 Å². The van der Waals surface area contributed by atoms with Crippen LogP contribution in [0.5, 0.6) is 0 Å². The van der Waals surface area contributed by atoms with E-state index in [-0.39, 0.29) is 0 Å². The Hall–Kier alpha value is -1.06. The second-order valence-electron chi connectivity index (χ2n) is 3.36. The van der Waals surface area contributed by atoms with Gasteiger partial charge in [0.25, 0.3) is 0 Å². The fraction of sp³-hybridized carbons (Fsp3) is 0.400. The van der Waals surface area contributed by atoms with E-state index in [9.17, 15) is 0 Å². The number of benzene rings is 1. The fourth-order valence-corrected chi connectivity index (χ4v) is 1.32. The highest BCUT2D eigenvalue weighted by molar-refractivity contribution is 5.54. The lowest BCUT2D eigenvalue weighted by atomic mass is 10.1. The maximum atomic E-state index is 8.63. The van der Waals surface area contributed by atoms with E-state index in [0.29, 0.717) is 6.54 Å². The molecule has 0 heterocycles. The largest absolute Gasteiger partial charge is 0.377 e. The van der Waals surface area contributed by atoms with Gasteiger partial charge in [0, 0.05) is 26.3 Å². The number of nitrogens with zero attached hydrogens (tertiary/aromatic N) is 1. The van der Waals surface area contributed by atoms with Gasteiger partial charge in [-0.2, -0.15) is 0 Å². The van der Waals surface area contributed by atoms with Gasteiger partial charge in [-0.15, -0.1) is 0 Å². The Kier molecular flexibility index (Phi) is 3.28. The van der Waals surface area contributed by atoms with Crippen molar-refractivity contribution in [3.8, 4) is 0 Å². The minimum Gasteiger partial charge on any atom is -0.377 e. The summed E-state index contributed by atoms with van der Waals surface area (Å²) in [6, 6.07) is 6.17. The molecule has 0 aliphatic rings. The van der Waals surface area contributed by atoms with Crippen LogP contribution in [-0.2, 0) is 6.54 Å². The first kappa shape index (κ1) is 10.0. The van der Waals surface area contributed by atoms with E-state index < -0.39 is 0 Å². The second-order valence-corrected chi connectivity index (χ2v) is 3.36. The molecule has 0 bridgehead atoms.